The highest BCUT2D eigenvalue weighted by molar-refractivity contribution is 9.10. The van der Waals surface area contributed by atoms with E-state index in [9.17, 15) is 4.79 Å². The van der Waals surface area contributed by atoms with Crippen LogP contribution in [0, 0.1) is 6.92 Å². The molecule has 0 aliphatic carbocycles. The van der Waals surface area contributed by atoms with Gasteiger partial charge in [-0.25, -0.2) is 0 Å². The van der Waals surface area contributed by atoms with Crippen LogP contribution in [0.5, 0.6) is 5.75 Å². The zero-order valence-corrected chi connectivity index (χ0v) is 14.6. The van der Waals surface area contributed by atoms with Crippen LogP contribution in [0.2, 0.25) is 10.0 Å². The van der Waals surface area contributed by atoms with Crippen molar-refractivity contribution in [2.75, 3.05) is 6.61 Å². The molecule has 0 N–H and O–H groups in total. The van der Waals surface area contributed by atoms with Crippen molar-refractivity contribution in [3.63, 3.8) is 0 Å². The van der Waals surface area contributed by atoms with Crippen LogP contribution in [-0.2, 0) is 0 Å². The third kappa shape index (κ3) is 3.60. The van der Waals surface area contributed by atoms with Gasteiger partial charge in [0.1, 0.15) is 5.75 Å². The van der Waals surface area contributed by atoms with Gasteiger partial charge in [-0.3, -0.25) is 4.79 Å². The summed E-state index contributed by atoms with van der Waals surface area (Å²) >= 11 is 15.7. The van der Waals surface area contributed by atoms with Gasteiger partial charge in [0, 0.05) is 21.7 Å². The molecule has 0 heterocycles. The number of ether oxygens (including phenoxy) is 1. The fourth-order valence-corrected chi connectivity index (χ4v) is 2.61. The monoisotopic (exact) mass is 386 g/mol. The Kier molecular flexibility index (Phi) is 5.31. The lowest BCUT2D eigenvalue weighted by molar-refractivity contribution is 0.103. The molecule has 0 saturated carbocycles. The number of halogens is 3. The lowest BCUT2D eigenvalue weighted by Crippen LogP contribution is -2.04. The van der Waals surface area contributed by atoms with Gasteiger partial charge >= 0.3 is 0 Å². The molecule has 21 heavy (non-hydrogen) atoms. The zero-order valence-electron chi connectivity index (χ0n) is 11.5. The Labute approximate surface area is 142 Å². The topological polar surface area (TPSA) is 26.3 Å². The first-order valence-corrected chi connectivity index (χ1v) is 7.91. The molecular formula is C16H13BrCl2O2. The smallest absolute Gasteiger partial charge is 0.194 e. The summed E-state index contributed by atoms with van der Waals surface area (Å²) in [5.74, 6) is 0.313. The summed E-state index contributed by atoms with van der Waals surface area (Å²) in [5.41, 5.74) is 1.92. The van der Waals surface area contributed by atoms with E-state index in [1.54, 1.807) is 18.2 Å². The third-order valence-electron chi connectivity index (χ3n) is 2.99. The lowest BCUT2D eigenvalue weighted by Gasteiger charge is -2.10. The normalized spacial score (nSPS) is 10.5. The largest absolute Gasteiger partial charge is 0.492 e. The molecule has 0 aromatic heterocycles. The van der Waals surface area contributed by atoms with Crippen molar-refractivity contribution >= 4 is 44.9 Å². The second-order valence-corrected chi connectivity index (χ2v) is 6.16. The van der Waals surface area contributed by atoms with E-state index in [4.69, 9.17) is 27.9 Å². The molecule has 0 aliphatic heterocycles. The number of aryl methyl sites for hydroxylation is 1. The molecular weight excluding hydrogens is 375 g/mol. The van der Waals surface area contributed by atoms with E-state index in [1.165, 1.54) is 0 Å². The van der Waals surface area contributed by atoms with E-state index < -0.39 is 0 Å². The molecule has 110 valence electrons. The maximum absolute atomic E-state index is 12.6. The standard InChI is InChI=1S/C16H13BrCl2O2/c1-3-21-15-8-13(18)11(7-14(15)19)16(20)10-4-5-12(17)9(2)6-10/h4-8H,3H2,1-2H3. The maximum atomic E-state index is 12.6. The Morgan fingerprint density at radius 1 is 1.19 bits per heavy atom. The molecule has 0 spiro atoms. The first kappa shape index (κ1) is 16.3. The molecule has 5 heteroatoms. The van der Waals surface area contributed by atoms with E-state index >= 15 is 0 Å². The first-order valence-electron chi connectivity index (χ1n) is 6.36. The van der Waals surface area contributed by atoms with Gasteiger partial charge in [-0.2, -0.15) is 0 Å². The average Bonchev–Trinajstić information content (AvgIpc) is 2.45. The number of carbonyl (C=O) groups excluding carboxylic acids is 1. The van der Waals surface area contributed by atoms with E-state index in [-0.39, 0.29) is 5.78 Å². The van der Waals surface area contributed by atoms with Crippen molar-refractivity contribution in [2.24, 2.45) is 0 Å². The quantitative estimate of drug-likeness (QED) is 0.629. The molecule has 2 aromatic rings. The Morgan fingerprint density at radius 2 is 1.90 bits per heavy atom. The average molecular weight is 388 g/mol. The molecule has 2 rings (SSSR count). The summed E-state index contributed by atoms with van der Waals surface area (Å²) < 4.78 is 6.31. The van der Waals surface area contributed by atoms with Gasteiger partial charge < -0.3 is 4.74 Å². The molecule has 2 nitrogen and oxygen atoms in total. The van der Waals surface area contributed by atoms with Crippen molar-refractivity contribution in [1.82, 2.24) is 0 Å². The second kappa shape index (κ2) is 6.82. The Balaban J connectivity index is 2.43. The molecule has 2 aromatic carbocycles. The number of carbonyl (C=O) groups is 1. The second-order valence-electron chi connectivity index (χ2n) is 4.49. The van der Waals surface area contributed by atoms with Crippen LogP contribution in [0.15, 0.2) is 34.8 Å². The van der Waals surface area contributed by atoms with Crippen LogP contribution >= 0.6 is 39.1 Å². The summed E-state index contributed by atoms with van der Waals surface area (Å²) in [6.07, 6.45) is 0. The minimum Gasteiger partial charge on any atom is -0.492 e. The van der Waals surface area contributed by atoms with E-state index in [0.717, 1.165) is 10.0 Å². The summed E-state index contributed by atoms with van der Waals surface area (Å²) in [6, 6.07) is 8.53. The highest BCUT2D eigenvalue weighted by Gasteiger charge is 2.17. The van der Waals surface area contributed by atoms with Gasteiger partial charge in [-0.15, -0.1) is 0 Å². The highest BCUT2D eigenvalue weighted by Crippen LogP contribution is 2.32. The van der Waals surface area contributed by atoms with Crippen LogP contribution in [0.3, 0.4) is 0 Å². The van der Waals surface area contributed by atoms with Crippen LogP contribution in [-0.4, -0.2) is 12.4 Å². The third-order valence-corrected chi connectivity index (χ3v) is 4.48. The predicted octanol–water partition coefficient (Wildman–Crippen LogP) is 5.69. The van der Waals surface area contributed by atoms with Crippen LogP contribution in [0.1, 0.15) is 28.4 Å². The van der Waals surface area contributed by atoms with Gasteiger partial charge in [0.2, 0.25) is 0 Å². The fourth-order valence-electron chi connectivity index (χ4n) is 1.91. The molecule has 0 bridgehead atoms. The SMILES string of the molecule is CCOc1cc(Cl)c(C(=O)c2ccc(Br)c(C)c2)cc1Cl. The van der Waals surface area contributed by atoms with Gasteiger partial charge in [0.15, 0.2) is 5.78 Å². The number of hydrogen-bond acceptors (Lipinski definition) is 2. The number of ketones is 1. The Bertz CT molecular complexity index is 699. The summed E-state index contributed by atoms with van der Waals surface area (Å²) in [7, 11) is 0. The Morgan fingerprint density at radius 3 is 2.52 bits per heavy atom. The van der Waals surface area contributed by atoms with E-state index in [0.29, 0.717) is 33.5 Å². The van der Waals surface area contributed by atoms with Gasteiger partial charge in [-0.05, 0) is 43.7 Å². The molecule has 0 atom stereocenters. The molecule has 0 unspecified atom stereocenters. The first-order chi connectivity index (χ1) is 9.93. The van der Waals surface area contributed by atoms with Crippen LogP contribution in [0.25, 0.3) is 0 Å². The predicted molar refractivity (Wildman–Crippen MR) is 89.9 cm³/mol. The van der Waals surface area contributed by atoms with E-state index in [1.807, 2.05) is 26.0 Å². The van der Waals surface area contributed by atoms with Crippen molar-refractivity contribution in [2.45, 2.75) is 13.8 Å². The highest BCUT2D eigenvalue weighted by atomic mass is 79.9. The molecule has 0 radical (unpaired) electrons. The van der Waals surface area contributed by atoms with Crippen molar-refractivity contribution in [3.05, 3.63) is 61.5 Å². The van der Waals surface area contributed by atoms with Gasteiger partial charge in [0.05, 0.1) is 16.7 Å². The number of benzene rings is 2. The minimum atomic E-state index is -0.166. The summed E-state index contributed by atoms with van der Waals surface area (Å²) in [6.45, 7) is 4.26. The zero-order chi connectivity index (χ0) is 15.6. The van der Waals surface area contributed by atoms with Gasteiger partial charge in [-0.1, -0.05) is 39.1 Å². The Hall–Kier alpha value is -1.03. The molecule has 0 saturated heterocycles. The molecule has 0 aliphatic rings. The molecule has 0 fully saturated rings. The maximum Gasteiger partial charge on any atom is 0.194 e. The molecule has 0 amide bonds. The van der Waals surface area contributed by atoms with Crippen molar-refractivity contribution in [3.8, 4) is 5.75 Å². The number of rotatable bonds is 4. The van der Waals surface area contributed by atoms with Gasteiger partial charge in [0.25, 0.3) is 0 Å². The minimum absolute atomic E-state index is 0.166. The van der Waals surface area contributed by atoms with Crippen molar-refractivity contribution in [1.29, 1.82) is 0 Å². The fraction of sp³-hybridized carbons (Fsp3) is 0.188. The van der Waals surface area contributed by atoms with E-state index in [2.05, 4.69) is 15.9 Å². The van der Waals surface area contributed by atoms with Crippen molar-refractivity contribution < 1.29 is 9.53 Å². The summed E-state index contributed by atoms with van der Waals surface area (Å²) in [5, 5.41) is 0.701. The summed E-state index contributed by atoms with van der Waals surface area (Å²) in [4.78, 5) is 12.6. The number of hydrogen-bond donors (Lipinski definition) is 0. The lowest BCUT2D eigenvalue weighted by atomic mass is 10.0. The van der Waals surface area contributed by atoms with Crippen LogP contribution < -0.4 is 4.74 Å². The van der Waals surface area contributed by atoms with Crippen LogP contribution in [0.4, 0.5) is 0 Å².